The highest BCUT2D eigenvalue weighted by Gasteiger charge is 2.25. The van der Waals surface area contributed by atoms with Crippen LogP contribution in [-0.2, 0) is 16.6 Å². The summed E-state index contributed by atoms with van der Waals surface area (Å²) in [5.74, 6) is -0.229. The molecular formula is C25H26N4O5S. The van der Waals surface area contributed by atoms with E-state index in [0.717, 1.165) is 11.3 Å². The van der Waals surface area contributed by atoms with Crippen LogP contribution in [0.1, 0.15) is 21.5 Å². The Morgan fingerprint density at radius 1 is 0.971 bits per heavy atom. The van der Waals surface area contributed by atoms with Gasteiger partial charge in [0.1, 0.15) is 0 Å². The summed E-state index contributed by atoms with van der Waals surface area (Å²) < 4.78 is 28.5. The normalized spacial score (nSPS) is 14.1. The number of nitro benzene ring substituents is 1. The fourth-order valence-electron chi connectivity index (χ4n) is 4.01. The van der Waals surface area contributed by atoms with E-state index >= 15 is 0 Å². The molecule has 0 aromatic heterocycles. The zero-order valence-electron chi connectivity index (χ0n) is 19.3. The number of piperazine rings is 1. The number of carbonyl (C=O) groups excluding carboxylic acids is 1. The fraction of sp³-hybridized carbons (Fsp3) is 0.240. The zero-order valence-corrected chi connectivity index (χ0v) is 20.1. The topological polar surface area (TPSA) is 113 Å². The lowest BCUT2D eigenvalue weighted by Crippen LogP contribution is -2.48. The molecule has 10 heteroatoms. The Morgan fingerprint density at radius 3 is 2.26 bits per heavy atom. The second-order valence-electron chi connectivity index (χ2n) is 8.34. The van der Waals surface area contributed by atoms with Gasteiger partial charge in [0, 0.05) is 56.1 Å². The molecule has 0 unspecified atom stereocenters. The molecule has 1 N–H and O–H groups in total. The number of sulfonamides is 1. The molecular weight excluding hydrogens is 468 g/mol. The van der Waals surface area contributed by atoms with Crippen molar-refractivity contribution in [2.75, 3.05) is 31.1 Å². The maximum Gasteiger partial charge on any atom is 0.269 e. The minimum absolute atomic E-state index is 0.0333. The number of rotatable bonds is 7. The number of anilines is 1. The van der Waals surface area contributed by atoms with E-state index in [1.807, 2.05) is 30.3 Å². The van der Waals surface area contributed by atoms with E-state index in [1.54, 1.807) is 36.1 Å². The Morgan fingerprint density at radius 2 is 1.63 bits per heavy atom. The van der Waals surface area contributed by atoms with Crippen LogP contribution in [0, 0.1) is 17.0 Å². The Hall–Kier alpha value is -3.76. The first-order valence-corrected chi connectivity index (χ1v) is 12.7. The highest BCUT2D eigenvalue weighted by Crippen LogP contribution is 2.22. The molecule has 0 saturated carbocycles. The van der Waals surface area contributed by atoms with E-state index in [1.165, 1.54) is 18.2 Å². The third kappa shape index (κ3) is 5.67. The molecule has 0 spiro atoms. The molecule has 1 fully saturated rings. The molecule has 1 aliphatic heterocycles. The average Bonchev–Trinajstić information content (AvgIpc) is 2.88. The van der Waals surface area contributed by atoms with E-state index in [0.29, 0.717) is 37.3 Å². The van der Waals surface area contributed by atoms with Crippen molar-refractivity contribution in [1.82, 2.24) is 9.62 Å². The van der Waals surface area contributed by atoms with Crippen molar-refractivity contribution in [3.05, 3.63) is 99.6 Å². The van der Waals surface area contributed by atoms with Gasteiger partial charge in [0.25, 0.3) is 11.6 Å². The summed E-state index contributed by atoms with van der Waals surface area (Å²) in [7, 11) is -3.81. The van der Waals surface area contributed by atoms with Gasteiger partial charge in [-0.3, -0.25) is 14.9 Å². The van der Waals surface area contributed by atoms with Crippen molar-refractivity contribution in [2.45, 2.75) is 18.4 Å². The van der Waals surface area contributed by atoms with Crippen molar-refractivity contribution < 1.29 is 18.1 Å². The third-order valence-electron chi connectivity index (χ3n) is 6.03. The molecule has 1 saturated heterocycles. The van der Waals surface area contributed by atoms with E-state index in [4.69, 9.17) is 0 Å². The second-order valence-corrected chi connectivity index (χ2v) is 10.1. The Bertz CT molecular complexity index is 1320. The molecule has 0 bridgehead atoms. The Labute approximate surface area is 204 Å². The summed E-state index contributed by atoms with van der Waals surface area (Å²) in [6.45, 7) is 3.91. The predicted molar refractivity (Wildman–Crippen MR) is 133 cm³/mol. The first-order chi connectivity index (χ1) is 16.7. The molecule has 182 valence electrons. The highest BCUT2D eigenvalue weighted by molar-refractivity contribution is 7.89. The third-order valence-corrected chi connectivity index (χ3v) is 7.57. The van der Waals surface area contributed by atoms with E-state index < -0.39 is 14.9 Å². The summed E-state index contributed by atoms with van der Waals surface area (Å²) >= 11 is 0. The zero-order chi connectivity index (χ0) is 25.0. The molecule has 4 rings (SSSR count). The number of hydrogen-bond acceptors (Lipinski definition) is 6. The van der Waals surface area contributed by atoms with Gasteiger partial charge in [0.15, 0.2) is 0 Å². The first kappa shape index (κ1) is 24.4. The van der Waals surface area contributed by atoms with Crippen molar-refractivity contribution in [2.24, 2.45) is 0 Å². The number of amides is 1. The molecule has 1 aliphatic rings. The Kier molecular flexibility index (Phi) is 7.13. The number of nitrogens with one attached hydrogen (secondary N) is 1. The van der Waals surface area contributed by atoms with Gasteiger partial charge < -0.3 is 9.80 Å². The van der Waals surface area contributed by atoms with E-state index in [9.17, 15) is 23.3 Å². The molecule has 3 aromatic carbocycles. The number of aryl methyl sites for hydroxylation is 1. The van der Waals surface area contributed by atoms with Crippen LogP contribution in [0.2, 0.25) is 0 Å². The SMILES string of the molecule is Cc1ccc(C(=O)N2CCN(c3ccc([N+](=O)[O-])cc3)CC2)cc1S(=O)(=O)NCc1ccccc1. The van der Waals surface area contributed by atoms with Crippen molar-refractivity contribution in [1.29, 1.82) is 0 Å². The van der Waals surface area contributed by atoms with Gasteiger partial charge >= 0.3 is 0 Å². The van der Waals surface area contributed by atoms with Crippen molar-refractivity contribution >= 4 is 27.3 Å². The van der Waals surface area contributed by atoms with Gasteiger partial charge in [-0.1, -0.05) is 36.4 Å². The number of non-ortho nitro benzene ring substituents is 1. The van der Waals surface area contributed by atoms with E-state index in [2.05, 4.69) is 9.62 Å². The number of nitro groups is 1. The number of benzene rings is 3. The highest BCUT2D eigenvalue weighted by atomic mass is 32.2. The van der Waals surface area contributed by atoms with Gasteiger partial charge in [-0.05, 0) is 42.3 Å². The summed E-state index contributed by atoms with van der Waals surface area (Å²) in [6.07, 6.45) is 0. The quantitative estimate of drug-likeness (QED) is 0.398. The lowest BCUT2D eigenvalue weighted by Gasteiger charge is -2.36. The van der Waals surface area contributed by atoms with Crippen LogP contribution in [0.25, 0.3) is 0 Å². The van der Waals surface area contributed by atoms with Crippen LogP contribution < -0.4 is 9.62 Å². The standard InChI is InChI=1S/C25H26N4O5S/c1-19-7-8-21(17-24(19)35(33,34)26-18-20-5-3-2-4-6-20)25(30)28-15-13-27(14-16-28)22-9-11-23(12-10-22)29(31)32/h2-12,17,26H,13-16,18H2,1H3. The molecule has 0 radical (unpaired) electrons. The predicted octanol–water partition coefficient (Wildman–Crippen LogP) is 3.34. The Balaban J connectivity index is 1.43. The minimum atomic E-state index is -3.81. The van der Waals surface area contributed by atoms with Crippen LogP contribution >= 0.6 is 0 Å². The molecule has 3 aromatic rings. The summed E-state index contributed by atoms with van der Waals surface area (Å²) in [5.41, 5.74) is 2.61. The van der Waals surface area contributed by atoms with Crippen molar-refractivity contribution in [3.8, 4) is 0 Å². The molecule has 1 heterocycles. The smallest absolute Gasteiger partial charge is 0.269 e. The second kappa shape index (κ2) is 10.2. The molecule has 1 amide bonds. The lowest BCUT2D eigenvalue weighted by atomic mass is 10.1. The number of carbonyl (C=O) groups is 1. The van der Waals surface area contributed by atoms with Gasteiger partial charge in [0.2, 0.25) is 10.0 Å². The monoisotopic (exact) mass is 494 g/mol. The van der Waals surface area contributed by atoms with Crippen LogP contribution in [0.4, 0.5) is 11.4 Å². The molecule has 0 atom stereocenters. The van der Waals surface area contributed by atoms with Gasteiger partial charge in [0.05, 0.1) is 9.82 Å². The maximum absolute atomic E-state index is 13.1. The minimum Gasteiger partial charge on any atom is -0.368 e. The van der Waals surface area contributed by atoms with Gasteiger partial charge in [-0.15, -0.1) is 0 Å². The maximum atomic E-state index is 13.1. The molecule has 9 nitrogen and oxygen atoms in total. The van der Waals surface area contributed by atoms with Crippen LogP contribution in [0.3, 0.4) is 0 Å². The number of nitrogens with zero attached hydrogens (tertiary/aromatic N) is 3. The lowest BCUT2D eigenvalue weighted by molar-refractivity contribution is -0.384. The largest absolute Gasteiger partial charge is 0.368 e. The summed E-state index contributed by atoms with van der Waals surface area (Å²) in [5, 5.41) is 10.9. The van der Waals surface area contributed by atoms with Crippen LogP contribution in [0.5, 0.6) is 0 Å². The van der Waals surface area contributed by atoms with Crippen LogP contribution in [-0.4, -0.2) is 50.3 Å². The number of hydrogen-bond donors (Lipinski definition) is 1. The molecule has 0 aliphatic carbocycles. The first-order valence-electron chi connectivity index (χ1n) is 11.2. The van der Waals surface area contributed by atoms with E-state index in [-0.39, 0.29) is 23.0 Å². The van der Waals surface area contributed by atoms with Gasteiger partial charge in [-0.2, -0.15) is 0 Å². The molecule has 35 heavy (non-hydrogen) atoms. The summed E-state index contributed by atoms with van der Waals surface area (Å²) in [6, 6.07) is 20.3. The van der Waals surface area contributed by atoms with Crippen molar-refractivity contribution in [3.63, 3.8) is 0 Å². The average molecular weight is 495 g/mol. The summed E-state index contributed by atoms with van der Waals surface area (Å²) in [4.78, 5) is 27.4. The fourth-order valence-corrected chi connectivity index (χ4v) is 5.30. The van der Waals surface area contributed by atoms with Crippen LogP contribution in [0.15, 0.2) is 77.7 Å². The van der Waals surface area contributed by atoms with Gasteiger partial charge in [-0.25, -0.2) is 13.1 Å².